The first-order chi connectivity index (χ1) is 17.8. The highest BCUT2D eigenvalue weighted by atomic mass is 16.5. The van der Waals surface area contributed by atoms with Crippen molar-refractivity contribution in [3.8, 4) is 5.75 Å². The van der Waals surface area contributed by atoms with Gasteiger partial charge >= 0.3 is 6.03 Å². The van der Waals surface area contributed by atoms with Crippen molar-refractivity contribution < 1.29 is 23.5 Å². The molecular weight excluding hydrogens is 476 g/mol. The van der Waals surface area contributed by atoms with Gasteiger partial charge in [-0.05, 0) is 62.8 Å². The number of carbonyl (C=O) groups excluding carboxylic acids is 3. The molecule has 4 amide bonds. The molecular formula is C26H28N6O5. The van der Waals surface area contributed by atoms with E-state index in [1.54, 1.807) is 24.3 Å². The van der Waals surface area contributed by atoms with Crippen LogP contribution in [-0.2, 0) is 16.9 Å². The van der Waals surface area contributed by atoms with Gasteiger partial charge in [-0.25, -0.2) is 9.78 Å². The molecule has 2 saturated heterocycles. The van der Waals surface area contributed by atoms with Crippen LogP contribution in [0.25, 0.3) is 11.1 Å². The van der Waals surface area contributed by atoms with Gasteiger partial charge in [-0.15, -0.1) is 0 Å². The number of furan rings is 1. The van der Waals surface area contributed by atoms with Gasteiger partial charge in [0.25, 0.3) is 11.8 Å². The van der Waals surface area contributed by atoms with Crippen LogP contribution in [0, 0.1) is 0 Å². The predicted octanol–water partition coefficient (Wildman–Crippen LogP) is 2.03. The van der Waals surface area contributed by atoms with Crippen LogP contribution >= 0.6 is 0 Å². The molecule has 11 nitrogen and oxygen atoms in total. The van der Waals surface area contributed by atoms with Crippen molar-refractivity contribution in [2.24, 2.45) is 0 Å². The first-order valence-corrected chi connectivity index (χ1v) is 12.3. The standard InChI is InChI=1S/C26H28N6O5/c1-31-9-7-16(8-10-31)27-22-6-5-20-19(28-22)12-21(37-20)26(24(34)29-25(35)30-26)14-32-13-15-3-4-17(36-2)11-18(15)23(32)33/h3-6,11-12,16H,7-10,13-14H2,1-2H3,(H,27,28)(H2,29,30,34,35). The molecule has 5 heterocycles. The maximum Gasteiger partial charge on any atom is 0.322 e. The zero-order chi connectivity index (χ0) is 25.7. The van der Waals surface area contributed by atoms with E-state index in [-0.39, 0.29) is 18.2 Å². The highest BCUT2D eigenvalue weighted by Crippen LogP contribution is 2.35. The normalized spacial score (nSPS) is 22.3. The van der Waals surface area contributed by atoms with Crippen LogP contribution in [0.1, 0.15) is 34.5 Å². The second-order valence-electron chi connectivity index (χ2n) is 9.91. The average molecular weight is 505 g/mol. The summed E-state index contributed by atoms with van der Waals surface area (Å²) in [6.45, 7) is 2.26. The summed E-state index contributed by atoms with van der Waals surface area (Å²) in [4.78, 5) is 47.2. The number of pyridine rings is 1. The third-order valence-corrected chi connectivity index (χ3v) is 7.43. The average Bonchev–Trinajstić information content (AvgIpc) is 3.54. The molecule has 3 N–H and O–H groups in total. The van der Waals surface area contributed by atoms with Gasteiger partial charge in [0.05, 0.1) is 13.7 Å². The van der Waals surface area contributed by atoms with Gasteiger partial charge in [-0.3, -0.25) is 14.9 Å². The van der Waals surface area contributed by atoms with Crippen molar-refractivity contribution in [2.45, 2.75) is 31.0 Å². The number of carbonyl (C=O) groups is 3. The Labute approximate surface area is 213 Å². The molecule has 1 unspecified atom stereocenters. The summed E-state index contributed by atoms with van der Waals surface area (Å²) in [5.41, 5.74) is 0.790. The van der Waals surface area contributed by atoms with Crippen LogP contribution in [0.4, 0.5) is 10.6 Å². The molecule has 0 saturated carbocycles. The molecule has 0 bridgehead atoms. The minimum atomic E-state index is -1.58. The highest BCUT2D eigenvalue weighted by molar-refractivity contribution is 6.08. The van der Waals surface area contributed by atoms with Crippen molar-refractivity contribution in [2.75, 3.05) is 39.1 Å². The van der Waals surface area contributed by atoms with E-state index < -0.39 is 17.5 Å². The molecule has 2 fully saturated rings. The summed E-state index contributed by atoms with van der Waals surface area (Å²) < 4.78 is 11.3. The van der Waals surface area contributed by atoms with Gasteiger partial charge < -0.3 is 29.6 Å². The first kappa shape index (κ1) is 23.3. The van der Waals surface area contributed by atoms with E-state index in [0.29, 0.717) is 35.0 Å². The van der Waals surface area contributed by atoms with Gasteiger partial charge in [0.15, 0.2) is 11.1 Å². The Morgan fingerprint density at radius 2 is 1.97 bits per heavy atom. The molecule has 1 atom stereocenters. The fourth-order valence-electron chi connectivity index (χ4n) is 5.31. The fraction of sp³-hybridized carbons (Fsp3) is 0.385. The molecule has 1 aromatic carbocycles. The number of amides is 4. The number of urea groups is 1. The molecule has 3 aromatic rings. The largest absolute Gasteiger partial charge is 0.497 e. The summed E-state index contributed by atoms with van der Waals surface area (Å²) >= 11 is 0. The Morgan fingerprint density at radius 3 is 2.70 bits per heavy atom. The lowest BCUT2D eigenvalue weighted by molar-refractivity contribution is -0.125. The van der Waals surface area contributed by atoms with Crippen LogP contribution in [-0.4, -0.2) is 72.5 Å². The van der Waals surface area contributed by atoms with Gasteiger partial charge in [0, 0.05) is 24.2 Å². The highest BCUT2D eigenvalue weighted by Gasteiger charge is 2.53. The second kappa shape index (κ2) is 8.77. The number of anilines is 1. The first-order valence-electron chi connectivity index (χ1n) is 12.3. The van der Waals surface area contributed by atoms with Gasteiger partial charge in [0.1, 0.15) is 22.8 Å². The van der Waals surface area contributed by atoms with E-state index in [9.17, 15) is 14.4 Å². The number of fused-ring (bicyclic) bond motifs is 2. The number of aromatic nitrogens is 1. The maximum absolute atomic E-state index is 13.2. The fourth-order valence-corrected chi connectivity index (χ4v) is 5.31. The molecule has 192 valence electrons. The minimum Gasteiger partial charge on any atom is -0.497 e. The Bertz CT molecular complexity index is 1410. The summed E-state index contributed by atoms with van der Waals surface area (Å²) in [7, 11) is 3.66. The number of imide groups is 1. The Kier molecular flexibility index (Phi) is 5.52. The summed E-state index contributed by atoms with van der Waals surface area (Å²) in [5.74, 6) is 0.686. The number of nitrogens with one attached hydrogen (secondary N) is 3. The lowest BCUT2D eigenvalue weighted by Crippen LogP contribution is -2.52. The van der Waals surface area contributed by atoms with E-state index in [1.165, 1.54) is 12.0 Å². The van der Waals surface area contributed by atoms with Crippen LogP contribution in [0.2, 0.25) is 0 Å². The quantitative estimate of drug-likeness (QED) is 0.435. The number of hydrogen-bond acceptors (Lipinski definition) is 8. The summed E-state index contributed by atoms with van der Waals surface area (Å²) in [6, 6.07) is 10.3. The van der Waals surface area contributed by atoms with Crippen LogP contribution in [0.5, 0.6) is 5.75 Å². The maximum atomic E-state index is 13.2. The van der Waals surface area contributed by atoms with Crippen LogP contribution in [0.3, 0.4) is 0 Å². The van der Waals surface area contributed by atoms with Gasteiger partial charge in [-0.2, -0.15) is 0 Å². The topological polar surface area (TPSA) is 129 Å². The molecule has 2 aromatic heterocycles. The number of piperidine rings is 1. The minimum absolute atomic E-state index is 0.0963. The Morgan fingerprint density at radius 1 is 1.16 bits per heavy atom. The predicted molar refractivity (Wildman–Crippen MR) is 134 cm³/mol. The number of methoxy groups -OCH3 is 1. The monoisotopic (exact) mass is 504 g/mol. The number of likely N-dealkylation sites (tertiary alicyclic amines) is 1. The number of rotatable bonds is 6. The third-order valence-electron chi connectivity index (χ3n) is 7.43. The number of hydrogen-bond donors (Lipinski definition) is 3. The molecule has 0 radical (unpaired) electrons. The number of nitrogens with zero attached hydrogens (tertiary/aromatic N) is 3. The van der Waals surface area contributed by atoms with Gasteiger partial charge in [0.2, 0.25) is 0 Å². The van der Waals surface area contributed by atoms with Crippen molar-refractivity contribution in [3.63, 3.8) is 0 Å². The van der Waals surface area contributed by atoms with Crippen molar-refractivity contribution in [3.05, 3.63) is 53.3 Å². The molecule has 3 aliphatic heterocycles. The van der Waals surface area contributed by atoms with E-state index in [0.717, 1.165) is 37.3 Å². The van der Waals surface area contributed by atoms with E-state index in [2.05, 4.69) is 27.9 Å². The zero-order valence-corrected chi connectivity index (χ0v) is 20.7. The number of benzene rings is 1. The summed E-state index contributed by atoms with van der Waals surface area (Å²) in [6.07, 6.45) is 2.06. The Balaban J connectivity index is 1.29. The lowest BCUT2D eigenvalue weighted by atomic mass is 9.95. The van der Waals surface area contributed by atoms with Gasteiger partial charge in [-0.1, -0.05) is 6.07 Å². The van der Waals surface area contributed by atoms with Crippen molar-refractivity contribution in [1.82, 2.24) is 25.4 Å². The van der Waals surface area contributed by atoms with E-state index in [1.807, 2.05) is 12.1 Å². The molecule has 6 rings (SSSR count). The second-order valence-corrected chi connectivity index (χ2v) is 9.91. The lowest BCUT2D eigenvalue weighted by Gasteiger charge is -2.29. The molecule has 0 aliphatic carbocycles. The molecule has 3 aliphatic rings. The zero-order valence-electron chi connectivity index (χ0n) is 20.7. The molecule has 11 heteroatoms. The smallest absolute Gasteiger partial charge is 0.322 e. The van der Waals surface area contributed by atoms with E-state index >= 15 is 0 Å². The van der Waals surface area contributed by atoms with Crippen molar-refractivity contribution in [1.29, 1.82) is 0 Å². The van der Waals surface area contributed by atoms with Crippen molar-refractivity contribution >= 4 is 34.8 Å². The SMILES string of the molecule is COc1ccc2c(c1)C(=O)N(CC1(c3cc4nc(NC5CCN(C)CC5)ccc4o3)NC(=O)NC1=O)C2. The third kappa shape index (κ3) is 4.05. The van der Waals surface area contributed by atoms with Crippen LogP contribution in [0.15, 0.2) is 40.8 Å². The molecule has 0 spiro atoms. The Hall–Kier alpha value is -4.12. The van der Waals surface area contributed by atoms with Crippen LogP contribution < -0.4 is 20.7 Å². The number of ether oxygens (including phenoxy) is 1. The van der Waals surface area contributed by atoms with E-state index in [4.69, 9.17) is 14.1 Å². The molecule has 37 heavy (non-hydrogen) atoms. The summed E-state index contributed by atoms with van der Waals surface area (Å²) in [5, 5.41) is 8.51.